The summed E-state index contributed by atoms with van der Waals surface area (Å²) in [6.07, 6.45) is 3.16. The van der Waals surface area contributed by atoms with Crippen molar-refractivity contribution in [2.24, 2.45) is 0 Å². The predicted molar refractivity (Wildman–Crippen MR) is 76.0 cm³/mol. The van der Waals surface area contributed by atoms with E-state index in [0.717, 1.165) is 22.8 Å². The summed E-state index contributed by atoms with van der Waals surface area (Å²) in [7, 11) is 1.61. The minimum Gasteiger partial charge on any atom is -0.497 e. The SMILES string of the molecule is CCSCCOC(=O)C=Cc1cccc(OC)c1. The Hall–Kier alpha value is -1.42. The Kier molecular flexibility index (Phi) is 7.03. The van der Waals surface area contributed by atoms with Crippen molar-refractivity contribution in [3.8, 4) is 5.75 Å². The molecule has 0 fully saturated rings. The number of esters is 1. The zero-order valence-electron chi connectivity index (χ0n) is 10.7. The molecule has 3 nitrogen and oxygen atoms in total. The molecule has 1 rings (SSSR count). The highest BCUT2D eigenvalue weighted by Gasteiger charge is 1.97. The minimum absolute atomic E-state index is 0.311. The summed E-state index contributed by atoms with van der Waals surface area (Å²) in [6.45, 7) is 2.54. The van der Waals surface area contributed by atoms with E-state index in [1.807, 2.05) is 24.3 Å². The summed E-state index contributed by atoms with van der Waals surface area (Å²) in [4.78, 5) is 11.4. The smallest absolute Gasteiger partial charge is 0.330 e. The molecule has 0 spiro atoms. The van der Waals surface area contributed by atoms with E-state index < -0.39 is 0 Å². The van der Waals surface area contributed by atoms with E-state index in [4.69, 9.17) is 9.47 Å². The first-order chi connectivity index (χ1) is 8.76. The Labute approximate surface area is 112 Å². The summed E-state index contributed by atoms with van der Waals surface area (Å²) < 4.78 is 10.1. The second kappa shape index (κ2) is 8.64. The van der Waals surface area contributed by atoms with Crippen molar-refractivity contribution < 1.29 is 14.3 Å². The molecule has 0 aliphatic heterocycles. The number of benzene rings is 1. The van der Waals surface area contributed by atoms with Crippen molar-refractivity contribution >= 4 is 23.8 Å². The average Bonchev–Trinajstić information content (AvgIpc) is 2.41. The highest BCUT2D eigenvalue weighted by atomic mass is 32.2. The van der Waals surface area contributed by atoms with Gasteiger partial charge in [0.25, 0.3) is 0 Å². The molecule has 0 heterocycles. The molecule has 18 heavy (non-hydrogen) atoms. The zero-order valence-corrected chi connectivity index (χ0v) is 11.5. The van der Waals surface area contributed by atoms with E-state index in [-0.39, 0.29) is 5.97 Å². The van der Waals surface area contributed by atoms with Crippen LogP contribution in [0.15, 0.2) is 30.3 Å². The highest BCUT2D eigenvalue weighted by Crippen LogP contribution is 2.13. The lowest BCUT2D eigenvalue weighted by Crippen LogP contribution is -2.04. The van der Waals surface area contributed by atoms with Gasteiger partial charge in [-0.25, -0.2) is 4.79 Å². The third-order valence-corrected chi connectivity index (χ3v) is 3.05. The van der Waals surface area contributed by atoms with Crippen LogP contribution in [0.4, 0.5) is 0 Å². The first-order valence-electron chi connectivity index (χ1n) is 5.83. The van der Waals surface area contributed by atoms with E-state index in [1.54, 1.807) is 24.9 Å². The zero-order chi connectivity index (χ0) is 13.2. The monoisotopic (exact) mass is 266 g/mol. The molecule has 1 aromatic carbocycles. The summed E-state index contributed by atoms with van der Waals surface area (Å²) in [6, 6.07) is 7.50. The molecule has 0 unspecified atom stereocenters. The quantitative estimate of drug-likeness (QED) is 0.432. The van der Waals surface area contributed by atoms with Crippen LogP contribution in [-0.2, 0) is 9.53 Å². The number of rotatable bonds is 7. The van der Waals surface area contributed by atoms with Crippen LogP contribution in [-0.4, -0.2) is 31.2 Å². The Morgan fingerprint density at radius 3 is 3.00 bits per heavy atom. The van der Waals surface area contributed by atoms with Gasteiger partial charge >= 0.3 is 5.97 Å². The van der Waals surface area contributed by atoms with Gasteiger partial charge in [0, 0.05) is 11.8 Å². The van der Waals surface area contributed by atoms with Crippen LogP contribution in [0, 0.1) is 0 Å². The van der Waals surface area contributed by atoms with E-state index in [2.05, 4.69) is 6.92 Å². The van der Waals surface area contributed by atoms with Gasteiger partial charge in [-0.2, -0.15) is 11.8 Å². The Balaban J connectivity index is 2.40. The van der Waals surface area contributed by atoms with Crippen molar-refractivity contribution in [2.45, 2.75) is 6.92 Å². The molecule has 0 atom stereocenters. The van der Waals surface area contributed by atoms with Gasteiger partial charge in [-0.3, -0.25) is 0 Å². The fourth-order valence-corrected chi connectivity index (χ4v) is 1.79. The molecule has 0 aliphatic carbocycles. The van der Waals surface area contributed by atoms with Crippen LogP contribution >= 0.6 is 11.8 Å². The summed E-state index contributed by atoms with van der Waals surface area (Å²) in [5.74, 6) is 2.34. The first-order valence-corrected chi connectivity index (χ1v) is 6.98. The van der Waals surface area contributed by atoms with Gasteiger partial charge in [-0.15, -0.1) is 0 Å². The summed E-state index contributed by atoms with van der Waals surface area (Å²) in [5.41, 5.74) is 0.911. The first kappa shape index (κ1) is 14.6. The molecule has 0 saturated heterocycles. The second-order valence-electron chi connectivity index (χ2n) is 3.47. The Morgan fingerprint density at radius 2 is 2.28 bits per heavy atom. The van der Waals surface area contributed by atoms with Crippen molar-refractivity contribution in [3.05, 3.63) is 35.9 Å². The Bertz CT molecular complexity index is 402. The van der Waals surface area contributed by atoms with Gasteiger partial charge in [0.1, 0.15) is 12.4 Å². The minimum atomic E-state index is -0.311. The topological polar surface area (TPSA) is 35.5 Å². The number of hydrogen-bond acceptors (Lipinski definition) is 4. The Morgan fingerprint density at radius 1 is 1.44 bits per heavy atom. The predicted octanol–water partition coefficient (Wildman–Crippen LogP) is 3.00. The van der Waals surface area contributed by atoms with Crippen molar-refractivity contribution in [2.75, 3.05) is 25.2 Å². The van der Waals surface area contributed by atoms with Crippen LogP contribution < -0.4 is 4.74 Å². The molecule has 0 N–H and O–H groups in total. The highest BCUT2D eigenvalue weighted by molar-refractivity contribution is 7.99. The van der Waals surface area contributed by atoms with E-state index in [0.29, 0.717) is 6.61 Å². The van der Waals surface area contributed by atoms with E-state index >= 15 is 0 Å². The van der Waals surface area contributed by atoms with Crippen LogP contribution in [0.2, 0.25) is 0 Å². The molecule has 0 radical (unpaired) electrons. The molecule has 0 bridgehead atoms. The summed E-state index contributed by atoms with van der Waals surface area (Å²) >= 11 is 1.75. The molecule has 4 heteroatoms. The third-order valence-electron chi connectivity index (χ3n) is 2.18. The van der Waals surface area contributed by atoms with E-state index in [1.165, 1.54) is 6.08 Å². The van der Waals surface area contributed by atoms with Crippen LogP contribution in [0.5, 0.6) is 5.75 Å². The molecule has 98 valence electrons. The maximum Gasteiger partial charge on any atom is 0.330 e. The average molecular weight is 266 g/mol. The van der Waals surface area contributed by atoms with Gasteiger partial charge in [-0.1, -0.05) is 19.1 Å². The molecule has 1 aromatic rings. The van der Waals surface area contributed by atoms with E-state index in [9.17, 15) is 4.79 Å². The molecule has 0 saturated carbocycles. The second-order valence-corrected chi connectivity index (χ2v) is 4.87. The van der Waals surface area contributed by atoms with Crippen molar-refractivity contribution in [3.63, 3.8) is 0 Å². The van der Waals surface area contributed by atoms with Gasteiger partial charge in [0.2, 0.25) is 0 Å². The largest absolute Gasteiger partial charge is 0.497 e. The number of thioether (sulfide) groups is 1. The molecule has 0 amide bonds. The molecular weight excluding hydrogens is 248 g/mol. The van der Waals surface area contributed by atoms with Gasteiger partial charge in [-0.05, 0) is 29.5 Å². The van der Waals surface area contributed by atoms with Crippen LogP contribution in [0.1, 0.15) is 12.5 Å². The third kappa shape index (κ3) is 5.77. The number of hydrogen-bond donors (Lipinski definition) is 0. The molecule has 0 aromatic heterocycles. The lowest BCUT2D eigenvalue weighted by atomic mass is 10.2. The van der Waals surface area contributed by atoms with Gasteiger partial charge in [0.15, 0.2) is 0 Å². The van der Waals surface area contributed by atoms with Crippen molar-refractivity contribution in [1.82, 2.24) is 0 Å². The lowest BCUT2D eigenvalue weighted by molar-refractivity contribution is -0.137. The molecular formula is C14H18O3S. The number of methoxy groups -OCH3 is 1. The summed E-state index contributed by atoms with van der Waals surface area (Å²) in [5, 5.41) is 0. The fourth-order valence-electron chi connectivity index (χ4n) is 1.30. The van der Waals surface area contributed by atoms with Crippen molar-refractivity contribution in [1.29, 1.82) is 0 Å². The number of carbonyl (C=O) groups is 1. The maximum absolute atomic E-state index is 11.4. The molecule has 0 aliphatic rings. The number of ether oxygens (including phenoxy) is 2. The maximum atomic E-state index is 11.4. The van der Waals surface area contributed by atoms with Crippen LogP contribution in [0.3, 0.4) is 0 Å². The number of carbonyl (C=O) groups excluding carboxylic acids is 1. The standard InChI is InChI=1S/C14H18O3S/c1-3-18-10-9-17-14(15)8-7-12-5-4-6-13(11-12)16-2/h4-8,11H,3,9-10H2,1-2H3. The normalized spacial score (nSPS) is 10.6. The fraction of sp³-hybridized carbons (Fsp3) is 0.357. The van der Waals surface area contributed by atoms with Crippen LogP contribution in [0.25, 0.3) is 6.08 Å². The lowest BCUT2D eigenvalue weighted by Gasteiger charge is -2.01. The van der Waals surface area contributed by atoms with Gasteiger partial charge in [0.05, 0.1) is 7.11 Å². The van der Waals surface area contributed by atoms with Gasteiger partial charge < -0.3 is 9.47 Å².